The smallest absolute Gasteiger partial charge is 0.222 e. The number of ether oxygens (including phenoxy) is 5. The molecule has 0 amide bonds. The number of nitrogens with zero attached hydrogens (tertiary/aromatic N) is 2. The van der Waals surface area contributed by atoms with Gasteiger partial charge < -0.3 is 23.7 Å². The summed E-state index contributed by atoms with van der Waals surface area (Å²) in [5, 5.41) is 0.190. The molecule has 0 bridgehead atoms. The van der Waals surface area contributed by atoms with Crippen LogP contribution < -0.4 is 4.74 Å². The highest BCUT2D eigenvalue weighted by atomic mass is 35.5. The molecule has 128 valence electrons. The van der Waals surface area contributed by atoms with Crippen LogP contribution in [0.4, 0.5) is 0 Å². The average Bonchev–Trinajstić information content (AvgIpc) is 2.57. The Labute approximate surface area is 141 Å². The summed E-state index contributed by atoms with van der Waals surface area (Å²) in [4.78, 5) is 7.61. The van der Waals surface area contributed by atoms with E-state index in [4.69, 9.17) is 41.7 Å². The summed E-state index contributed by atoms with van der Waals surface area (Å²) in [6.45, 7) is 4.19. The summed E-state index contributed by atoms with van der Waals surface area (Å²) in [7, 11) is 0. The van der Waals surface area contributed by atoms with Crippen molar-refractivity contribution in [3.05, 3.63) is 17.7 Å². The van der Waals surface area contributed by atoms with Crippen LogP contribution in [-0.4, -0.2) is 69.4 Å². The van der Waals surface area contributed by atoms with Gasteiger partial charge in [0.25, 0.3) is 0 Å². The Morgan fingerprint density at radius 2 is 1.30 bits per heavy atom. The van der Waals surface area contributed by atoms with Gasteiger partial charge in [-0.05, 0) is 11.6 Å². The monoisotopic (exact) mass is 344 g/mol. The van der Waals surface area contributed by atoms with E-state index in [0.717, 1.165) is 0 Å². The zero-order chi connectivity index (χ0) is 16.6. The van der Waals surface area contributed by atoms with Crippen molar-refractivity contribution in [1.82, 2.24) is 9.97 Å². The second-order valence-electron chi connectivity index (χ2n) is 4.13. The fourth-order valence-corrected chi connectivity index (χ4v) is 1.48. The number of hydrogen-bond acceptors (Lipinski definition) is 7. The Morgan fingerprint density at radius 1 is 0.826 bits per heavy atom. The van der Waals surface area contributed by atoms with Gasteiger partial charge >= 0.3 is 0 Å². The molecule has 0 radical (unpaired) electrons. The molecule has 7 nitrogen and oxygen atoms in total. The number of terminal acetylenes is 1. The first-order chi connectivity index (χ1) is 11.3. The molecule has 1 heterocycles. The van der Waals surface area contributed by atoms with Crippen molar-refractivity contribution >= 4 is 11.6 Å². The summed E-state index contributed by atoms with van der Waals surface area (Å²) in [6, 6.07) is 0. The molecule has 0 atom stereocenters. The molecule has 1 aromatic rings. The molecule has 0 unspecified atom stereocenters. The molecule has 0 aliphatic rings. The maximum Gasteiger partial charge on any atom is 0.222 e. The molecule has 1 rings (SSSR count). The molecule has 0 fully saturated rings. The molecular weight excluding hydrogens is 324 g/mol. The van der Waals surface area contributed by atoms with Crippen molar-refractivity contribution in [2.75, 3.05) is 59.5 Å². The lowest BCUT2D eigenvalue weighted by atomic mass is 10.6. The van der Waals surface area contributed by atoms with Gasteiger partial charge in [-0.3, -0.25) is 0 Å². The fourth-order valence-electron chi connectivity index (χ4n) is 1.38. The highest BCUT2D eigenvalue weighted by Crippen LogP contribution is 2.07. The Bertz CT molecular complexity index is 438. The lowest BCUT2D eigenvalue weighted by Crippen LogP contribution is -2.13. The third-order valence-corrected chi connectivity index (χ3v) is 2.59. The third-order valence-electron chi connectivity index (χ3n) is 2.39. The summed E-state index contributed by atoms with van der Waals surface area (Å²) in [6.07, 6.45) is 8.06. The molecular formula is C15H21ClN2O5. The standard InChI is InChI=1S/C15H21ClN2O5/c1-2-3-19-4-5-20-6-7-21-8-9-22-10-11-23-14-12-17-15(16)18-13-14/h1,12-13H,3-11H2. The summed E-state index contributed by atoms with van der Waals surface area (Å²) >= 11 is 5.57. The molecule has 1 aromatic heterocycles. The van der Waals surface area contributed by atoms with E-state index in [-0.39, 0.29) is 5.28 Å². The fraction of sp³-hybridized carbons (Fsp3) is 0.600. The van der Waals surface area contributed by atoms with E-state index in [2.05, 4.69) is 15.9 Å². The highest BCUT2D eigenvalue weighted by Gasteiger charge is 1.96. The van der Waals surface area contributed by atoms with Gasteiger partial charge in [0.05, 0.1) is 58.6 Å². The van der Waals surface area contributed by atoms with Crippen molar-refractivity contribution < 1.29 is 23.7 Å². The maximum atomic E-state index is 5.57. The molecule has 0 saturated carbocycles. The van der Waals surface area contributed by atoms with Gasteiger partial charge in [0.15, 0.2) is 5.75 Å². The van der Waals surface area contributed by atoms with Crippen molar-refractivity contribution in [2.45, 2.75) is 0 Å². The van der Waals surface area contributed by atoms with E-state index in [1.807, 2.05) is 0 Å². The zero-order valence-corrected chi connectivity index (χ0v) is 13.7. The van der Waals surface area contributed by atoms with E-state index in [0.29, 0.717) is 65.2 Å². The third kappa shape index (κ3) is 11.8. The van der Waals surface area contributed by atoms with E-state index >= 15 is 0 Å². The Balaban J connectivity index is 1.78. The van der Waals surface area contributed by atoms with E-state index < -0.39 is 0 Å². The maximum absolute atomic E-state index is 5.57. The van der Waals surface area contributed by atoms with Gasteiger partial charge in [0.1, 0.15) is 13.2 Å². The van der Waals surface area contributed by atoms with Crippen LogP contribution in [0.2, 0.25) is 5.28 Å². The predicted octanol–water partition coefficient (Wildman–Crippen LogP) is 1.21. The number of halogens is 1. The SMILES string of the molecule is C#CCOCCOCCOCCOCCOc1cnc(Cl)nc1. The molecule has 0 aliphatic carbocycles. The highest BCUT2D eigenvalue weighted by molar-refractivity contribution is 6.28. The number of hydrogen-bond donors (Lipinski definition) is 0. The second kappa shape index (κ2) is 14.2. The normalized spacial score (nSPS) is 10.4. The van der Waals surface area contributed by atoms with Crippen LogP contribution in [0.5, 0.6) is 5.75 Å². The minimum Gasteiger partial charge on any atom is -0.488 e. The predicted molar refractivity (Wildman–Crippen MR) is 84.6 cm³/mol. The van der Waals surface area contributed by atoms with Crippen molar-refractivity contribution in [3.63, 3.8) is 0 Å². The van der Waals surface area contributed by atoms with Gasteiger partial charge in [0, 0.05) is 0 Å². The van der Waals surface area contributed by atoms with E-state index in [1.54, 1.807) is 0 Å². The van der Waals surface area contributed by atoms with Crippen LogP contribution in [-0.2, 0) is 18.9 Å². The molecule has 0 spiro atoms. The first-order valence-corrected chi connectivity index (χ1v) is 7.55. The summed E-state index contributed by atoms with van der Waals surface area (Å²) in [5.41, 5.74) is 0. The van der Waals surface area contributed by atoms with Crippen LogP contribution in [0, 0.1) is 12.3 Å². The molecule has 0 N–H and O–H groups in total. The van der Waals surface area contributed by atoms with Crippen molar-refractivity contribution in [1.29, 1.82) is 0 Å². The molecule has 8 heteroatoms. The first kappa shape index (κ1) is 19.6. The van der Waals surface area contributed by atoms with Crippen LogP contribution in [0.25, 0.3) is 0 Å². The lowest BCUT2D eigenvalue weighted by molar-refractivity contribution is -0.00189. The largest absolute Gasteiger partial charge is 0.488 e. The average molecular weight is 345 g/mol. The van der Waals surface area contributed by atoms with Crippen molar-refractivity contribution in [3.8, 4) is 18.1 Å². The quantitative estimate of drug-likeness (QED) is 0.285. The topological polar surface area (TPSA) is 71.9 Å². The lowest BCUT2D eigenvalue weighted by Gasteiger charge is -2.08. The van der Waals surface area contributed by atoms with Gasteiger partial charge in [-0.25, -0.2) is 9.97 Å². The van der Waals surface area contributed by atoms with E-state index in [9.17, 15) is 0 Å². The van der Waals surface area contributed by atoms with Gasteiger partial charge in [0.2, 0.25) is 5.28 Å². The zero-order valence-electron chi connectivity index (χ0n) is 12.9. The van der Waals surface area contributed by atoms with E-state index in [1.165, 1.54) is 12.4 Å². The second-order valence-corrected chi connectivity index (χ2v) is 4.47. The molecule has 23 heavy (non-hydrogen) atoms. The minimum absolute atomic E-state index is 0.190. The minimum atomic E-state index is 0.190. The van der Waals surface area contributed by atoms with Crippen LogP contribution in [0.1, 0.15) is 0 Å². The molecule has 0 aliphatic heterocycles. The molecule has 0 saturated heterocycles. The van der Waals surface area contributed by atoms with Crippen LogP contribution in [0.15, 0.2) is 12.4 Å². The van der Waals surface area contributed by atoms with Gasteiger partial charge in [-0.15, -0.1) is 6.42 Å². The number of rotatable bonds is 14. The Kier molecular flexibility index (Phi) is 12.1. The first-order valence-electron chi connectivity index (χ1n) is 7.17. The summed E-state index contributed by atoms with van der Waals surface area (Å²) < 4.78 is 26.4. The van der Waals surface area contributed by atoms with Crippen LogP contribution >= 0.6 is 11.6 Å². The van der Waals surface area contributed by atoms with Crippen molar-refractivity contribution in [2.24, 2.45) is 0 Å². The Morgan fingerprint density at radius 3 is 1.83 bits per heavy atom. The number of aromatic nitrogens is 2. The Hall–Kier alpha value is -1.43. The van der Waals surface area contributed by atoms with Gasteiger partial charge in [-0.2, -0.15) is 0 Å². The van der Waals surface area contributed by atoms with Gasteiger partial charge in [-0.1, -0.05) is 5.92 Å². The summed E-state index contributed by atoms with van der Waals surface area (Å²) in [5.74, 6) is 2.94. The molecule has 0 aromatic carbocycles. The van der Waals surface area contributed by atoms with Crippen LogP contribution in [0.3, 0.4) is 0 Å².